The van der Waals surface area contributed by atoms with Gasteiger partial charge in [0.05, 0.1) is 5.52 Å². The van der Waals surface area contributed by atoms with Crippen molar-refractivity contribution in [1.29, 1.82) is 0 Å². The molecule has 3 nitrogen and oxygen atoms in total. The molecule has 2 aromatic heterocycles. The second-order valence-corrected chi connectivity index (χ2v) is 4.49. The summed E-state index contributed by atoms with van der Waals surface area (Å²) in [5.74, 6) is 0.599. The maximum absolute atomic E-state index is 5.87. The maximum atomic E-state index is 5.87. The number of fused-ring (bicyclic) bond motifs is 1. The van der Waals surface area contributed by atoms with Crippen molar-refractivity contribution in [2.24, 2.45) is 0 Å². The Labute approximate surface area is 83.6 Å². The number of hydrogen-bond donors (Lipinski definition) is 1. The van der Waals surface area contributed by atoms with Crippen molar-refractivity contribution < 1.29 is 0 Å². The Morgan fingerprint density at radius 2 is 2.00 bits per heavy atom. The van der Waals surface area contributed by atoms with Gasteiger partial charge in [0.1, 0.15) is 5.82 Å². The smallest absolute Gasteiger partial charge is 0.147 e. The van der Waals surface area contributed by atoms with E-state index in [1.165, 1.54) is 0 Å². The van der Waals surface area contributed by atoms with Crippen LogP contribution in [0.4, 0.5) is 5.82 Å². The second kappa shape index (κ2) is 2.74. The first kappa shape index (κ1) is 9.06. The fourth-order valence-corrected chi connectivity index (χ4v) is 1.67. The Kier molecular flexibility index (Phi) is 1.77. The molecule has 0 atom stereocenters. The molecule has 0 aliphatic carbocycles. The van der Waals surface area contributed by atoms with E-state index < -0.39 is 0 Å². The van der Waals surface area contributed by atoms with E-state index in [1.807, 2.05) is 6.07 Å². The molecule has 2 aromatic rings. The Balaban J connectivity index is 2.80. The molecule has 0 bridgehead atoms. The molecule has 0 saturated carbocycles. The molecule has 0 aliphatic heterocycles. The summed E-state index contributed by atoms with van der Waals surface area (Å²) in [6.45, 7) is 6.46. The highest BCUT2D eigenvalue weighted by Gasteiger charge is 2.16. The second-order valence-electron chi connectivity index (χ2n) is 4.49. The highest BCUT2D eigenvalue weighted by Crippen LogP contribution is 2.26. The highest BCUT2D eigenvalue weighted by molar-refractivity contribution is 5.88. The van der Waals surface area contributed by atoms with Crippen molar-refractivity contribution in [2.45, 2.75) is 26.3 Å². The number of nitrogen functional groups attached to an aromatic ring is 1. The number of nitrogens with zero attached hydrogens (tertiary/aromatic N) is 2. The van der Waals surface area contributed by atoms with E-state index in [-0.39, 0.29) is 5.54 Å². The summed E-state index contributed by atoms with van der Waals surface area (Å²) in [6, 6.07) is 4.05. The molecule has 74 valence electrons. The van der Waals surface area contributed by atoms with Crippen LogP contribution in [0.2, 0.25) is 0 Å². The zero-order chi connectivity index (χ0) is 10.3. The van der Waals surface area contributed by atoms with E-state index in [4.69, 9.17) is 5.73 Å². The van der Waals surface area contributed by atoms with Gasteiger partial charge < -0.3 is 10.3 Å². The Hall–Kier alpha value is -1.51. The molecule has 0 aliphatic rings. The van der Waals surface area contributed by atoms with E-state index in [1.54, 1.807) is 6.20 Å². The molecule has 3 heteroatoms. The van der Waals surface area contributed by atoms with E-state index >= 15 is 0 Å². The van der Waals surface area contributed by atoms with Crippen LogP contribution in [0.1, 0.15) is 20.8 Å². The quantitative estimate of drug-likeness (QED) is 0.691. The zero-order valence-corrected chi connectivity index (χ0v) is 8.78. The van der Waals surface area contributed by atoms with Gasteiger partial charge in [-0.2, -0.15) is 0 Å². The van der Waals surface area contributed by atoms with Crippen molar-refractivity contribution in [3.05, 3.63) is 24.5 Å². The molecular weight excluding hydrogens is 174 g/mol. The fourth-order valence-electron chi connectivity index (χ4n) is 1.67. The fraction of sp³-hybridized carbons (Fsp3) is 0.364. The Morgan fingerprint density at radius 3 is 2.64 bits per heavy atom. The molecule has 0 unspecified atom stereocenters. The van der Waals surface area contributed by atoms with Crippen molar-refractivity contribution in [3.8, 4) is 0 Å². The minimum Gasteiger partial charge on any atom is -0.382 e. The molecule has 14 heavy (non-hydrogen) atoms. The van der Waals surface area contributed by atoms with Gasteiger partial charge in [0.25, 0.3) is 0 Å². The molecular formula is C11H15N3. The third-order valence-corrected chi connectivity index (χ3v) is 2.35. The monoisotopic (exact) mass is 189 g/mol. The van der Waals surface area contributed by atoms with E-state index in [0.717, 1.165) is 10.9 Å². The number of anilines is 1. The minimum absolute atomic E-state index is 0.0406. The molecule has 2 N–H and O–H groups in total. The first-order chi connectivity index (χ1) is 6.50. The maximum Gasteiger partial charge on any atom is 0.147 e. The van der Waals surface area contributed by atoms with Crippen molar-refractivity contribution in [1.82, 2.24) is 9.55 Å². The van der Waals surface area contributed by atoms with E-state index in [2.05, 4.69) is 42.6 Å². The van der Waals surface area contributed by atoms with Crippen LogP contribution in [0.5, 0.6) is 0 Å². The van der Waals surface area contributed by atoms with Crippen LogP contribution in [0.25, 0.3) is 10.9 Å². The molecule has 0 fully saturated rings. The van der Waals surface area contributed by atoms with Gasteiger partial charge in [-0.1, -0.05) is 0 Å². The third-order valence-electron chi connectivity index (χ3n) is 2.35. The van der Waals surface area contributed by atoms with Crippen molar-refractivity contribution in [2.75, 3.05) is 5.73 Å². The van der Waals surface area contributed by atoms with Gasteiger partial charge in [-0.25, -0.2) is 4.98 Å². The van der Waals surface area contributed by atoms with Gasteiger partial charge in [-0.05, 0) is 32.9 Å². The molecule has 2 heterocycles. The summed E-state index contributed by atoms with van der Waals surface area (Å²) in [4.78, 5) is 4.11. The topological polar surface area (TPSA) is 43.8 Å². The normalized spacial score (nSPS) is 12.2. The summed E-state index contributed by atoms with van der Waals surface area (Å²) >= 11 is 0. The van der Waals surface area contributed by atoms with Gasteiger partial charge in [-0.3, -0.25) is 0 Å². The van der Waals surface area contributed by atoms with E-state index in [0.29, 0.717) is 5.82 Å². The van der Waals surface area contributed by atoms with Gasteiger partial charge in [0, 0.05) is 23.3 Å². The first-order valence-electron chi connectivity index (χ1n) is 4.72. The van der Waals surface area contributed by atoms with Crippen LogP contribution in [0.15, 0.2) is 24.5 Å². The molecule has 0 radical (unpaired) electrons. The summed E-state index contributed by atoms with van der Waals surface area (Å²) < 4.78 is 2.16. The van der Waals surface area contributed by atoms with Crippen molar-refractivity contribution in [3.63, 3.8) is 0 Å². The Bertz CT molecular complexity index is 463. The SMILES string of the molecule is CC(C)(C)n1ccc2ccnc(N)c21. The van der Waals surface area contributed by atoms with Crippen LogP contribution in [-0.2, 0) is 5.54 Å². The Morgan fingerprint density at radius 1 is 1.29 bits per heavy atom. The van der Waals surface area contributed by atoms with Crippen LogP contribution < -0.4 is 5.73 Å². The summed E-state index contributed by atoms with van der Waals surface area (Å²) in [5.41, 5.74) is 6.93. The number of aromatic nitrogens is 2. The summed E-state index contributed by atoms with van der Waals surface area (Å²) in [6.07, 6.45) is 3.80. The van der Waals surface area contributed by atoms with Gasteiger partial charge in [0.2, 0.25) is 0 Å². The van der Waals surface area contributed by atoms with Crippen LogP contribution in [0, 0.1) is 0 Å². The standard InChI is InChI=1S/C11H15N3/c1-11(2,3)14-7-5-8-4-6-13-10(12)9(8)14/h4-7H,1-3H3,(H2,12,13). The van der Waals surface area contributed by atoms with Crippen LogP contribution in [0.3, 0.4) is 0 Å². The molecule has 0 amide bonds. The van der Waals surface area contributed by atoms with Crippen LogP contribution >= 0.6 is 0 Å². The number of hydrogen-bond acceptors (Lipinski definition) is 2. The lowest BCUT2D eigenvalue weighted by Crippen LogP contribution is -2.21. The van der Waals surface area contributed by atoms with Crippen LogP contribution in [-0.4, -0.2) is 9.55 Å². The largest absolute Gasteiger partial charge is 0.382 e. The predicted molar refractivity (Wildman–Crippen MR) is 59.1 cm³/mol. The molecule has 0 saturated heterocycles. The highest BCUT2D eigenvalue weighted by atomic mass is 15.1. The van der Waals surface area contributed by atoms with Gasteiger partial charge in [0.15, 0.2) is 0 Å². The summed E-state index contributed by atoms with van der Waals surface area (Å²) in [5, 5.41) is 1.15. The zero-order valence-electron chi connectivity index (χ0n) is 8.78. The lowest BCUT2D eigenvalue weighted by molar-refractivity contribution is 0.411. The minimum atomic E-state index is 0.0406. The average Bonchev–Trinajstić information content (AvgIpc) is 2.47. The van der Waals surface area contributed by atoms with Crippen molar-refractivity contribution >= 4 is 16.7 Å². The summed E-state index contributed by atoms with van der Waals surface area (Å²) in [7, 11) is 0. The first-order valence-corrected chi connectivity index (χ1v) is 4.72. The number of rotatable bonds is 0. The van der Waals surface area contributed by atoms with Gasteiger partial charge >= 0.3 is 0 Å². The molecule has 0 spiro atoms. The predicted octanol–water partition coefficient (Wildman–Crippen LogP) is 2.37. The molecule has 0 aromatic carbocycles. The molecule has 2 rings (SSSR count). The lowest BCUT2D eigenvalue weighted by atomic mass is 10.1. The lowest BCUT2D eigenvalue weighted by Gasteiger charge is -2.22. The number of pyridine rings is 1. The van der Waals surface area contributed by atoms with E-state index in [9.17, 15) is 0 Å². The average molecular weight is 189 g/mol. The third kappa shape index (κ3) is 1.25. The van der Waals surface area contributed by atoms with Gasteiger partial charge in [-0.15, -0.1) is 0 Å². The number of nitrogens with two attached hydrogens (primary N) is 1.